The summed E-state index contributed by atoms with van der Waals surface area (Å²) in [7, 11) is 0. The number of rotatable bonds is 3. The van der Waals surface area contributed by atoms with E-state index in [-0.39, 0.29) is 17.9 Å². The van der Waals surface area contributed by atoms with E-state index in [0.29, 0.717) is 12.2 Å². The normalized spacial score (nSPS) is 25.2. The molecular weight excluding hydrogens is 316 g/mol. The molecule has 1 heterocycles. The summed E-state index contributed by atoms with van der Waals surface area (Å²) in [5.41, 5.74) is 0.997. The highest BCUT2D eigenvalue weighted by Gasteiger charge is 2.53. The van der Waals surface area contributed by atoms with Crippen molar-refractivity contribution in [1.82, 2.24) is 10.2 Å². The molecule has 1 spiro atoms. The molecule has 0 radical (unpaired) electrons. The molecule has 3 fully saturated rings. The van der Waals surface area contributed by atoms with Crippen LogP contribution >= 0.6 is 0 Å². The number of hydrogen-bond acceptors (Lipinski definition) is 3. The van der Waals surface area contributed by atoms with Gasteiger partial charge < -0.3 is 10.1 Å². The summed E-state index contributed by atoms with van der Waals surface area (Å²) >= 11 is 0. The van der Waals surface area contributed by atoms with E-state index in [1.54, 1.807) is 4.90 Å². The molecule has 0 bridgehead atoms. The van der Waals surface area contributed by atoms with Crippen LogP contribution in [0.1, 0.15) is 60.9 Å². The molecule has 134 valence electrons. The Morgan fingerprint density at radius 1 is 1.16 bits per heavy atom. The molecule has 1 N–H and O–H groups in total. The number of ether oxygens (including phenoxy) is 1. The molecule has 1 aliphatic heterocycles. The minimum absolute atomic E-state index is 0.0631. The van der Waals surface area contributed by atoms with Gasteiger partial charge in [-0.25, -0.2) is 0 Å². The van der Waals surface area contributed by atoms with Crippen LogP contribution in [0.25, 0.3) is 0 Å². The number of hydrogen-bond donors (Lipinski definition) is 1. The number of benzene rings is 1. The van der Waals surface area contributed by atoms with Crippen molar-refractivity contribution in [3.8, 4) is 0 Å². The van der Waals surface area contributed by atoms with Crippen molar-refractivity contribution in [3.05, 3.63) is 35.4 Å². The molecular formula is C20H26N2O3. The first-order valence-corrected chi connectivity index (χ1v) is 9.44. The van der Waals surface area contributed by atoms with E-state index in [9.17, 15) is 9.59 Å². The van der Waals surface area contributed by atoms with E-state index in [4.69, 9.17) is 4.74 Å². The molecule has 3 aliphatic rings. The fraction of sp³-hybridized carbons (Fsp3) is 0.600. The SMILES string of the molecule is Cc1ccccc1C(=O)N1C(C(=O)NC2CC2)COC12CCCCC2. The molecule has 4 rings (SSSR count). The number of nitrogens with zero attached hydrogens (tertiary/aromatic N) is 1. The monoisotopic (exact) mass is 342 g/mol. The highest BCUT2D eigenvalue weighted by molar-refractivity contribution is 5.99. The van der Waals surface area contributed by atoms with Gasteiger partial charge in [0, 0.05) is 11.6 Å². The predicted molar refractivity (Wildman–Crippen MR) is 94.1 cm³/mol. The Morgan fingerprint density at radius 3 is 2.56 bits per heavy atom. The van der Waals surface area contributed by atoms with Crippen LogP contribution in [0.3, 0.4) is 0 Å². The third-order valence-electron chi connectivity index (χ3n) is 5.72. The van der Waals surface area contributed by atoms with Crippen molar-refractivity contribution in [2.24, 2.45) is 0 Å². The van der Waals surface area contributed by atoms with Crippen LogP contribution in [-0.2, 0) is 9.53 Å². The van der Waals surface area contributed by atoms with Crippen LogP contribution in [0.2, 0.25) is 0 Å². The average Bonchev–Trinajstić information content (AvgIpc) is 3.36. The van der Waals surface area contributed by atoms with Gasteiger partial charge in [-0.05, 0) is 57.1 Å². The highest BCUT2D eigenvalue weighted by Crippen LogP contribution is 2.41. The van der Waals surface area contributed by atoms with Gasteiger partial charge in [0.05, 0.1) is 6.61 Å². The molecule has 5 nitrogen and oxygen atoms in total. The van der Waals surface area contributed by atoms with Crippen LogP contribution in [0.15, 0.2) is 24.3 Å². The van der Waals surface area contributed by atoms with Gasteiger partial charge in [0.15, 0.2) is 0 Å². The summed E-state index contributed by atoms with van der Waals surface area (Å²) < 4.78 is 6.16. The highest BCUT2D eigenvalue weighted by atomic mass is 16.5. The molecule has 0 aromatic heterocycles. The fourth-order valence-electron chi connectivity index (χ4n) is 4.14. The molecule has 2 saturated carbocycles. The number of carbonyl (C=O) groups is 2. The second-order valence-corrected chi connectivity index (χ2v) is 7.61. The van der Waals surface area contributed by atoms with Crippen molar-refractivity contribution in [1.29, 1.82) is 0 Å². The maximum absolute atomic E-state index is 13.4. The van der Waals surface area contributed by atoms with Gasteiger partial charge in [0.1, 0.15) is 11.8 Å². The Balaban J connectivity index is 1.66. The topological polar surface area (TPSA) is 58.6 Å². The van der Waals surface area contributed by atoms with E-state index in [2.05, 4.69) is 5.32 Å². The van der Waals surface area contributed by atoms with Gasteiger partial charge in [-0.2, -0.15) is 0 Å². The summed E-state index contributed by atoms with van der Waals surface area (Å²) in [5, 5.41) is 3.06. The summed E-state index contributed by atoms with van der Waals surface area (Å²) in [6, 6.07) is 7.36. The molecule has 1 aromatic carbocycles. The number of amides is 2. The lowest BCUT2D eigenvalue weighted by Crippen LogP contribution is -2.56. The van der Waals surface area contributed by atoms with Gasteiger partial charge in [-0.1, -0.05) is 24.6 Å². The predicted octanol–water partition coefficient (Wildman–Crippen LogP) is 2.78. The lowest BCUT2D eigenvalue weighted by atomic mass is 9.89. The van der Waals surface area contributed by atoms with E-state index in [1.165, 1.54) is 0 Å². The third kappa shape index (κ3) is 3.06. The lowest BCUT2D eigenvalue weighted by Gasteiger charge is -2.41. The van der Waals surface area contributed by atoms with Crippen LogP contribution in [0.5, 0.6) is 0 Å². The first kappa shape index (κ1) is 16.6. The van der Waals surface area contributed by atoms with E-state index in [0.717, 1.165) is 50.5 Å². The van der Waals surface area contributed by atoms with E-state index in [1.807, 2.05) is 31.2 Å². The van der Waals surface area contributed by atoms with Crippen LogP contribution in [-0.4, -0.2) is 41.1 Å². The second kappa shape index (κ2) is 6.45. The minimum Gasteiger partial charge on any atom is -0.353 e. The first-order chi connectivity index (χ1) is 12.1. The Morgan fingerprint density at radius 2 is 1.88 bits per heavy atom. The summed E-state index contributed by atoms with van der Waals surface area (Å²) in [5.74, 6) is -0.139. The molecule has 1 atom stereocenters. The number of carbonyl (C=O) groups excluding carboxylic acids is 2. The quantitative estimate of drug-likeness (QED) is 0.919. The molecule has 1 aromatic rings. The Kier molecular flexibility index (Phi) is 4.28. The maximum atomic E-state index is 13.4. The lowest BCUT2D eigenvalue weighted by molar-refractivity contribution is -0.127. The minimum atomic E-state index is -0.608. The van der Waals surface area contributed by atoms with Gasteiger partial charge in [-0.3, -0.25) is 14.5 Å². The maximum Gasteiger partial charge on any atom is 0.257 e. The summed E-state index contributed by atoms with van der Waals surface area (Å²) in [6.45, 7) is 2.24. The molecule has 1 unspecified atom stereocenters. The molecule has 2 aliphatic carbocycles. The van der Waals surface area contributed by atoms with Crippen LogP contribution in [0, 0.1) is 6.92 Å². The van der Waals surface area contributed by atoms with E-state index < -0.39 is 11.8 Å². The van der Waals surface area contributed by atoms with Gasteiger partial charge in [0.2, 0.25) is 5.91 Å². The zero-order valence-corrected chi connectivity index (χ0v) is 14.8. The van der Waals surface area contributed by atoms with Crippen molar-refractivity contribution >= 4 is 11.8 Å². The van der Waals surface area contributed by atoms with Crippen molar-refractivity contribution in [2.45, 2.75) is 69.7 Å². The van der Waals surface area contributed by atoms with Gasteiger partial charge >= 0.3 is 0 Å². The Bertz CT molecular complexity index is 677. The zero-order chi connectivity index (χ0) is 17.4. The molecule has 2 amide bonds. The van der Waals surface area contributed by atoms with Crippen molar-refractivity contribution in [3.63, 3.8) is 0 Å². The van der Waals surface area contributed by atoms with Gasteiger partial charge in [0.25, 0.3) is 5.91 Å². The number of nitrogens with one attached hydrogen (secondary N) is 1. The fourth-order valence-corrected chi connectivity index (χ4v) is 4.14. The van der Waals surface area contributed by atoms with Crippen molar-refractivity contribution < 1.29 is 14.3 Å². The summed E-state index contributed by atoms with van der Waals surface area (Å²) in [6.07, 6.45) is 6.95. The zero-order valence-electron chi connectivity index (χ0n) is 14.8. The number of aryl methyl sites for hydroxylation is 1. The van der Waals surface area contributed by atoms with Crippen LogP contribution in [0.4, 0.5) is 0 Å². The van der Waals surface area contributed by atoms with Crippen LogP contribution < -0.4 is 5.32 Å². The molecule has 1 saturated heterocycles. The van der Waals surface area contributed by atoms with Crippen molar-refractivity contribution in [2.75, 3.05) is 6.61 Å². The average molecular weight is 342 g/mol. The third-order valence-corrected chi connectivity index (χ3v) is 5.72. The van der Waals surface area contributed by atoms with Gasteiger partial charge in [-0.15, -0.1) is 0 Å². The standard InChI is InChI=1S/C20H26N2O3/c1-14-7-3-4-8-16(14)19(24)22-17(18(23)21-15-9-10-15)13-25-20(22)11-5-2-6-12-20/h3-4,7-8,15,17H,2,5-6,9-13H2,1H3,(H,21,23). The first-order valence-electron chi connectivity index (χ1n) is 9.44. The Hall–Kier alpha value is -1.88. The summed E-state index contributed by atoms with van der Waals surface area (Å²) in [4.78, 5) is 28.0. The second-order valence-electron chi connectivity index (χ2n) is 7.61. The largest absolute Gasteiger partial charge is 0.353 e. The molecule has 5 heteroatoms. The Labute approximate surface area is 148 Å². The molecule has 25 heavy (non-hydrogen) atoms. The smallest absolute Gasteiger partial charge is 0.257 e. The van der Waals surface area contributed by atoms with E-state index >= 15 is 0 Å².